The molecule has 1 saturated heterocycles. The summed E-state index contributed by atoms with van der Waals surface area (Å²) in [6.07, 6.45) is 1.76. The van der Waals surface area contributed by atoms with Crippen molar-refractivity contribution in [1.82, 2.24) is 14.7 Å². The number of amides is 1. The van der Waals surface area contributed by atoms with Gasteiger partial charge in [-0.3, -0.25) is 4.79 Å². The molecule has 1 fully saturated rings. The summed E-state index contributed by atoms with van der Waals surface area (Å²) in [5.41, 5.74) is 1.87. The number of hydrogen-bond acceptors (Lipinski definition) is 4. The number of nitrogens with zero attached hydrogens (tertiary/aromatic N) is 3. The summed E-state index contributed by atoms with van der Waals surface area (Å²) >= 11 is 0. The van der Waals surface area contributed by atoms with Gasteiger partial charge in [0.25, 0.3) is 5.91 Å². The maximum Gasteiger partial charge on any atom is 0.274 e. The number of morpholine rings is 1. The standard InChI is InChI=1S/C19H25N3O3/c1-14-10-22(15-8-6-5-7-9-15)20-17(14)18(23)21-11-16(12-24-4)25-19(2,3)13-21/h5-10,16H,11-13H2,1-4H3. The number of benzene rings is 1. The van der Waals surface area contributed by atoms with Crippen molar-refractivity contribution in [3.63, 3.8) is 0 Å². The highest BCUT2D eigenvalue weighted by Crippen LogP contribution is 2.23. The first-order valence-electron chi connectivity index (χ1n) is 8.47. The third-order valence-corrected chi connectivity index (χ3v) is 4.24. The first-order valence-corrected chi connectivity index (χ1v) is 8.47. The molecule has 1 aromatic heterocycles. The van der Waals surface area contributed by atoms with Crippen LogP contribution in [0.4, 0.5) is 0 Å². The van der Waals surface area contributed by atoms with Gasteiger partial charge in [0.2, 0.25) is 0 Å². The van der Waals surface area contributed by atoms with Crippen LogP contribution in [0.2, 0.25) is 0 Å². The average Bonchev–Trinajstić information content (AvgIpc) is 2.95. The number of aromatic nitrogens is 2. The van der Waals surface area contributed by atoms with E-state index >= 15 is 0 Å². The molecule has 0 radical (unpaired) electrons. The molecule has 6 heteroatoms. The summed E-state index contributed by atoms with van der Waals surface area (Å²) in [5, 5.41) is 4.53. The van der Waals surface area contributed by atoms with Gasteiger partial charge in [-0.1, -0.05) is 18.2 Å². The van der Waals surface area contributed by atoms with Gasteiger partial charge in [-0.25, -0.2) is 4.68 Å². The fraction of sp³-hybridized carbons (Fsp3) is 0.474. The number of carbonyl (C=O) groups is 1. The molecule has 134 valence electrons. The lowest BCUT2D eigenvalue weighted by atomic mass is 10.0. The molecular formula is C19H25N3O3. The van der Waals surface area contributed by atoms with E-state index in [-0.39, 0.29) is 12.0 Å². The molecule has 0 spiro atoms. The smallest absolute Gasteiger partial charge is 0.274 e. The maximum absolute atomic E-state index is 13.1. The van der Waals surface area contributed by atoms with Gasteiger partial charge in [0.15, 0.2) is 5.69 Å². The van der Waals surface area contributed by atoms with Crippen LogP contribution in [0.1, 0.15) is 29.9 Å². The second-order valence-corrected chi connectivity index (χ2v) is 7.08. The van der Waals surface area contributed by atoms with Crippen LogP contribution in [0.25, 0.3) is 5.69 Å². The third kappa shape index (κ3) is 3.91. The van der Waals surface area contributed by atoms with Gasteiger partial charge in [-0.05, 0) is 32.9 Å². The molecule has 2 heterocycles. The summed E-state index contributed by atoms with van der Waals surface area (Å²) in [7, 11) is 1.64. The van der Waals surface area contributed by atoms with E-state index in [1.807, 2.05) is 62.2 Å². The molecule has 3 rings (SSSR count). The monoisotopic (exact) mass is 343 g/mol. The van der Waals surface area contributed by atoms with Crippen LogP contribution >= 0.6 is 0 Å². The molecule has 1 aliphatic heterocycles. The number of hydrogen-bond donors (Lipinski definition) is 0. The highest BCUT2D eigenvalue weighted by Gasteiger charge is 2.37. The predicted octanol–water partition coefficient (Wildman–Crippen LogP) is 2.45. The van der Waals surface area contributed by atoms with Gasteiger partial charge >= 0.3 is 0 Å². The predicted molar refractivity (Wildman–Crippen MR) is 95.0 cm³/mol. The van der Waals surface area contributed by atoms with Crippen molar-refractivity contribution in [2.24, 2.45) is 0 Å². The lowest BCUT2D eigenvalue weighted by Crippen LogP contribution is -2.55. The van der Waals surface area contributed by atoms with E-state index in [2.05, 4.69) is 5.10 Å². The van der Waals surface area contributed by atoms with Gasteiger partial charge in [0.1, 0.15) is 0 Å². The largest absolute Gasteiger partial charge is 0.382 e. The Hall–Kier alpha value is -2.18. The van der Waals surface area contributed by atoms with E-state index in [9.17, 15) is 4.79 Å². The van der Waals surface area contributed by atoms with Crippen molar-refractivity contribution in [2.75, 3.05) is 26.8 Å². The quantitative estimate of drug-likeness (QED) is 0.856. The lowest BCUT2D eigenvalue weighted by Gasteiger charge is -2.42. The van der Waals surface area contributed by atoms with Crippen LogP contribution in [-0.4, -0.2) is 59.1 Å². The van der Waals surface area contributed by atoms with Gasteiger partial charge in [0, 0.05) is 32.0 Å². The SMILES string of the molecule is COCC1CN(C(=O)c2nn(-c3ccccc3)cc2C)CC(C)(C)O1. The third-order valence-electron chi connectivity index (χ3n) is 4.24. The van der Waals surface area contributed by atoms with Gasteiger partial charge < -0.3 is 14.4 Å². The molecule has 0 saturated carbocycles. The molecule has 6 nitrogen and oxygen atoms in total. The van der Waals surface area contributed by atoms with Crippen molar-refractivity contribution in [2.45, 2.75) is 32.5 Å². The Balaban J connectivity index is 1.84. The molecule has 1 atom stereocenters. The zero-order valence-corrected chi connectivity index (χ0v) is 15.2. The van der Waals surface area contributed by atoms with Crippen LogP contribution in [0.15, 0.2) is 36.5 Å². The number of ether oxygens (including phenoxy) is 2. The topological polar surface area (TPSA) is 56.6 Å². The van der Waals surface area contributed by atoms with Crippen LogP contribution in [0.3, 0.4) is 0 Å². The fourth-order valence-electron chi connectivity index (χ4n) is 3.26. The van der Waals surface area contributed by atoms with E-state index in [0.717, 1.165) is 11.3 Å². The Labute approximate surface area is 148 Å². The first-order chi connectivity index (χ1) is 11.9. The van der Waals surface area contributed by atoms with Crippen LogP contribution < -0.4 is 0 Å². The number of para-hydroxylation sites is 1. The Morgan fingerprint density at radius 3 is 2.76 bits per heavy atom. The maximum atomic E-state index is 13.1. The summed E-state index contributed by atoms with van der Waals surface area (Å²) < 4.78 is 13.0. The van der Waals surface area contributed by atoms with Gasteiger partial charge in [0.05, 0.1) is 24.0 Å². The Bertz CT molecular complexity index is 740. The van der Waals surface area contributed by atoms with E-state index in [4.69, 9.17) is 9.47 Å². The number of carbonyl (C=O) groups excluding carboxylic acids is 1. The molecular weight excluding hydrogens is 318 g/mol. The Morgan fingerprint density at radius 2 is 2.08 bits per heavy atom. The summed E-state index contributed by atoms with van der Waals surface area (Å²) in [4.78, 5) is 14.9. The summed E-state index contributed by atoms with van der Waals surface area (Å²) in [5.74, 6) is -0.0651. The van der Waals surface area contributed by atoms with Crippen LogP contribution in [-0.2, 0) is 9.47 Å². The Morgan fingerprint density at radius 1 is 1.36 bits per heavy atom. The van der Waals surface area contributed by atoms with Crippen LogP contribution in [0, 0.1) is 6.92 Å². The number of aryl methyl sites for hydroxylation is 1. The normalized spacial score (nSPS) is 19.8. The minimum atomic E-state index is -0.410. The molecule has 1 amide bonds. The second-order valence-electron chi connectivity index (χ2n) is 7.08. The molecule has 0 N–H and O–H groups in total. The fourth-order valence-corrected chi connectivity index (χ4v) is 3.26. The second kappa shape index (κ2) is 6.98. The molecule has 0 aliphatic carbocycles. The first kappa shape index (κ1) is 17.6. The highest BCUT2D eigenvalue weighted by atomic mass is 16.5. The highest BCUT2D eigenvalue weighted by molar-refractivity contribution is 5.93. The average molecular weight is 343 g/mol. The number of methoxy groups -OCH3 is 1. The summed E-state index contributed by atoms with van der Waals surface area (Å²) in [6, 6.07) is 9.79. The molecule has 0 bridgehead atoms. The van der Waals surface area contributed by atoms with Gasteiger partial charge in [-0.15, -0.1) is 0 Å². The minimum absolute atomic E-state index is 0.0651. The van der Waals surface area contributed by atoms with Crippen molar-refractivity contribution in [3.8, 4) is 5.69 Å². The molecule has 25 heavy (non-hydrogen) atoms. The van der Waals surface area contributed by atoms with Crippen molar-refractivity contribution in [1.29, 1.82) is 0 Å². The summed E-state index contributed by atoms with van der Waals surface area (Å²) in [6.45, 7) is 7.40. The van der Waals surface area contributed by atoms with Crippen molar-refractivity contribution in [3.05, 3.63) is 47.8 Å². The van der Waals surface area contributed by atoms with E-state index in [1.165, 1.54) is 0 Å². The number of rotatable bonds is 4. The van der Waals surface area contributed by atoms with E-state index < -0.39 is 5.60 Å². The van der Waals surface area contributed by atoms with E-state index in [1.54, 1.807) is 11.8 Å². The van der Waals surface area contributed by atoms with E-state index in [0.29, 0.717) is 25.4 Å². The zero-order valence-electron chi connectivity index (χ0n) is 15.2. The lowest BCUT2D eigenvalue weighted by molar-refractivity contribution is -0.143. The van der Waals surface area contributed by atoms with Gasteiger partial charge in [-0.2, -0.15) is 5.10 Å². The van der Waals surface area contributed by atoms with Crippen molar-refractivity contribution >= 4 is 5.91 Å². The molecule has 1 aromatic carbocycles. The van der Waals surface area contributed by atoms with Crippen molar-refractivity contribution < 1.29 is 14.3 Å². The molecule has 2 aromatic rings. The molecule has 1 unspecified atom stereocenters. The minimum Gasteiger partial charge on any atom is -0.382 e. The van der Waals surface area contributed by atoms with Crippen LogP contribution in [0.5, 0.6) is 0 Å². The Kier molecular flexibility index (Phi) is 4.92. The zero-order chi connectivity index (χ0) is 18.0. The molecule has 1 aliphatic rings.